The first-order chi connectivity index (χ1) is 25.0. The van der Waals surface area contributed by atoms with E-state index >= 15 is 0 Å². The van der Waals surface area contributed by atoms with E-state index in [9.17, 15) is 19.8 Å². The SMILES string of the molecule is Cc1ncsc1-c1ccc(CNC(=O)[C@@H]2C[C@@H](O)CN2C(=O)[C@@H](NCCCc2ccc(-c3cnnc(-c4ccccc4O)c3)cc2)C(C)(C)C)cc1. The number of nitrogens with zero attached hydrogens (tertiary/aromatic N) is 4. The minimum atomic E-state index is -0.759. The highest BCUT2D eigenvalue weighted by molar-refractivity contribution is 7.13. The highest BCUT2D eigenvalue weighted by Gasteiger charge is 2.43. The number of aromatic nitrogens is 3. The molecule has 0 unspecified atom stereocenters. The number of rotatable bonds is 12. The molecule has 10 nitrogen and oxygen atoms in total. The van der Waals surface area contributed by atoms with Gasteiger partial charge in [-0.3, -0.25) is 9.59 Å². The standard InChI is InChI=1S/C41H46N6O4S/c1-26-37(52-25-44-26)30-17-13-28(14-18-30)22-43-39(50)35-21-32(48)24-47(35)40(51)38(41(2,3)4)42-19-7-8-27-11-15-29(16-12-27)31-20-34(46-45-23-31)33-9-5-6-10-36(33)49/h5-6,9-18,20,23,25,32,35,38,42,48-49H,7-8,19,21-22,24H2,1-4H3,(H,43,50)/t32-,35+,38-/m1/s1. The molecule has 1 saturated heterocycles. The van der Waals surface area contributed by atoms with Crippen molar-refractivity contribution in [3.63, 3.8) is 0 Å². The van der Waals surface area contributed by atoms with E-state index in [0.29, 0.717) is 24.3 Å². The van der Waals surface area contributed by atoms with Crippen molar-refractivity contribution in [2.45, 2.75) is 71.7 Å². The highest BCUT2D eigenvalue weighted by Crippen LogP contribution is 2.31. The number of para-hydroxylation sites is 1. The number of hydrogen-bond acceptors (Lipinski definition) is 9. The summed E-state index contributed by atoms with van der Waals surface area (Å²) in [5.41, 5.74) is 8.76. The molecule has 270 valence electrons. The number of thiazole rings is 1. The van der Waals surface area contributed by atoms with Crippen LogP contribution in [0.5, 0.6) is 5.75 Å². The van der Waals surface area contributed by atoms with Crippen LogP contribution in [0, 0.1) is 12.3 Å². The number of β-amino-alcohol motifs (C(OH)–C–C–N with tert-alkyl or cyclic N) is 1. The normalized spacial score (nSPS) is 16.5. The molecule has 1 aliphatic heterocycles. The second kappa shape index (κ2) is 16.1. The van der Waals surface area contributed by atoms with Crippen molar-refractivity contribution in [3.8, 4) is 38.6 Å². The zero-order chi connectivity index (χ0) is 36.8. The van der Waals surface area contributed by atoms with Gasteiger partial charge in [0.15, 0.2) is 0 Å². The number of carbonyl (C=O) groups excluding carboxylic acids is 2. The summed E-state index contributed by atoms with van der Waals surface area (Å²) in [7, 11) is 0. The first kappa shape index (κ1) is 36.8. The van der Waals surface area contributed by atoms with Crippen LogP contribution in [0.3, 0.4) is 0 Å². The van der Waals surface area contributed by atoms with E-state index in [-0.39, 0.29) is 30.5 Å². The van der Waals surface area contributed by atoms with Crippen LogP contribution in [0.25, 0.3) is 32.8 Å². The van der Waals surface area contributed by atoms with Crippen LogP contribution in [0.2, 0.25) is 0 Å². The van der Waals surface area contributed by atoms with Crippen molar-refractivity contribution in [3.05, 3.63) is 107 Å². The molecule has 0 spiro atoms. The Labute approximate surface area is 309 Å². The fourth-order valence-corrected chi connectivity index (χ4v) is 7.46. The van der Waals surface area contributed by atoms with Crippen LogP contribution < -0.4 is 10.6 Å². The summed E-state index contributed by atoms with van der Waals surface area (Å²) >= 11 is 1.60. The van der Waals surface area contributed by atoms with E-state index in [0.717, 1.165) is 45.7 Å². The van der Waals surface area contributed by atoms with E-state index in [1.807, 2.05) is 75.7 Å². The molecule has 5 aromatic rings. The Morgan fingerprint density at radius 2 is 1.69 bits per heavy atom. The summed E-state index contributed by atoms with van der Waals surface area (Å²) in [5.74, 6) is -0.278. The van der Waals surface area contributed by atoms with Crippen molar-refractivity contribution >= 4 is 23.2 Å². The summed E-state index contributed by atoms with van der Waals surface area (Å²) in [6.45, 7) is 9.09. The van der Waals surface area contributed by atoms with Gasteiger partial charge in [-0.05, 0) is 72.2 Å². The van der Waals surface area contributed by atoms with Gasteiger partial charge in [-0.1, -0.05) is 81.4 Å². The molecule has 4 N–H and O–H groups in total. The van der Waals surface area contributed by atoms with Gasteiger partial charge < -0.3 is 25.7 Å². The number of aliphatic hydroxyl groups excluding tert-OH is 1. The molecule has 3 heterocycles. The van der Waals surface area contributed by atoms with Gasteiger partial charge in [-0.2, -0.15) is 10.2 Å². The molecule has 3 atom stereocenters. The summed E-state index contributed by atoms with van der Waals surface area (Å²) in [4.78, 5) is 34.4. The lowest BCUT2D eigenvalue weighted by atomic mass is 9.85. The smallest absolute Gasteiger partial charge is 0.243 e. The third-order valence-corrected chi connectivity index (χ3v) is 10.5. The lowest BCUT2D eigenvalue weighted by molar-refractivity contribution is -0.142. The summed E-state index contributed by atoms with van der Waals surface area (Å²) in [6.07, 6.45) is 2.78. The average molecular weight is 719 g/mol. The second-order valence-corrected chi connectivity index (χ2v) is 15.3. The monoisotopic (exact) mass is 718 g/mol. The predicted octanol–water partition coefficient (Wildman–Crippen LogP) is 6.16. The maximum absolute atomic E-state index is 14.0. The lowest BCUT2D eigenvalue weighted by Gasteiger charge is -2.35. The minimum absolute atomic E-state index is 0.126. The molecular formula is C41H46N6O4S. The van der Waals surface area contributed by atoms with Gasteiger partial charge in [-0.25, -0.2) is 4.98 Å². The summed E-state index contributed by atoms with van der Waals surface area (Å²) < 4.78 is 0. The fraction of sp³-hybridized carbons (Fsp3) is 0.341. The Morgan fingerprint density at radius 3 is 2.38 bits per heavy atom. The Balaban J connectivity index is 1.02. The van der Waals surface area contributed by atoms with Gasteiger partial charge in [0.25, 0.3) is 0 Å². The van der Waals surface area contributed by atoms with Gasteiger partial charge in [0.05, 0.1) is 40.1 Å². The number of aromatic hydroxyl groups is 1. The molecule has 0 aliphatic carbocycles. The van der Waals surface area contributed by atoms with Crippen molar-refractivity contribution in [2.24, 2.45) is 5.41 Å². The molecule has 0 saturated carbocycles. The zero-order valence-electron chi connectivity index (χ0n) is 30.0. The maximum atomic E-state index is 14.0. The van der Waals surface area contributed by atoms with E-state index in [1.54, 1.807) is 34.6 Å². The molecule has 1 aliphatic rings. The van der Waals surface area contributed by atoms with E-state index < -0.39 is 23.6 Å². The molecule has 3 aromatic carbocycles. The molecule has 0 bridgehead atoms. The van der Waals surface area contributed by atoms with Crippen LogP contribution in [0.4, 0.5) is 0 Å². The second-order valence-electron chi connectivity index (χ2n) is 14.5. The predicted molar refractivity (Wildman–Crippen MR) is 204 cm³/mol. The number of nitrogens with one attached hydrogen (secondary N) is 2. The first-order valence-corrected chi connectivity index (χ1v) is 18.6. The first-order valence-electron chi connectivity index (χ1n) is 17.7. The topological polar surface area (TPSA) is 141 Å². The van der Waals surface area contributed by atoms with Crippen LogP contribution in [-0.2, 0) is 22.6 Å². The number of likely N-dealkylation sites (tertiary alicyclic amines) is 1. The summed E-state index contributed by atoms with van der Waals surface area (Å²) in [6, 6.07) is 24.0. The minimum Gasteiger partial charge on any atom is -0.507 e. The molecular weight excluding hydrogens is 673 g/mol. The van der Waals surface area contributed by atoms with Gasteiger partial charge in [0.1, 0.15) is 11.8 Å². The maximum Gasteiger partial charge on any atom is 0.243 e. The number of hydrogen-bond donors (Lipinski definition) is 4. The Morgan fingerprint density at radius 1 is 0.981 bits per heavy atom. The lowest BCUT2D eigenvalue weighted by Crippen LogP contribution is -2.56. The highest BCUT2D eigenvalue weighted by atomic mass is 32.1. The van der Waals surface area contributed by atoms with E-state index in [4.69, 9.17) is 0 Å². The Hall–Kier alpha value is -4.97. The quantitative estimate of drug-likeness (QED) is 0.113. The van der Waals surface area contributed by atoms with Gasteiger partial charge in [0.2, 0.25) is 11.8 Å². The van der Waals surface area contributed by atoms with E-state index in [2.05, 4.69) is 50.1 Å². The molecule has 0 radical (unpaired) electrons. The number of phenols is 1. The average Bonchev–Trinajstić information content (AvgIpc) is 3.75. The van der Waals surface area contributed by atoms with Crippen molar-refractivity contribution in [2.75, 3.05) is 13.1 Å². The number of phenolic OH excluding ortho intramolecular Hbond substituents is 1. The van der Waals surface area contributed by atoms with Crippen LogP contribution in [0.1, 0.15) is 50.4 Å². The van der Waals surface area contributed by atoms with Crippen molar-refractivity contribution in [1.29, 1.82) is 0 Å². The number of benzene rings is 3. The largest absolute Gasteiger partial charge is 0.507 e. The van der Waals surface area contributed by atoms with Crippen LogP contribution in [-0.4, -0.2) is 73.4 Å². The molecule has 1 fully saturated rings. The zero-order valence-corrected chi connectivity index (χ0v) is 30.9. The van der Waals surface area contributed by atoms with Crippen molar-refractivity contribution < 1.29 is 19.8 Å². The molecule has 2 aromatic heterocycles. The molecule has 2 amide bonds. The van der Waals surface area contributed by atoms with Crippen LogP contribution >= 0.6 is 11.3 Å². The number of aliphatic hydroxyl groups is 1. The van der Waals surface area contributed by atoms with E-state index in [1.165, 1.54) is 5.56 Å². The Kier molecular flexibility index (Phi) is 11.4. The number of aryl methyl sites for hydroxylation is 2. The third-order valence-electron chi connectivity index (χ3n) is 9.52. The number of carbonyl (C=O) groups is 2. The third kappa shape index (κ3) is 8.72. The molecule has 6 rings (SSSR count). The fourth-order valence-electron chi connectivity index (χ4n) is 6.64. The number of amides is 2. The Bertz CT molecular complexity index is 1990. The molecule has 11 heteroatoms. The van der Waals surface area contributed by atoms with Gasteiger partial charge in [0, 0.05) is 30.6 Å². The van der Waals surface area contributed by atoms with Gasteiger partial charge >= 0.3 is 0 Å². The summed E-state index contributed by atoms with van der Waals surface area (Å²) in [5, 5.41) is 35.6. The van der Waals surface area contributed by atoms with Crippen molar-refractivity contribution in [1.82, 2.24) is 30.7 Å². The van der Waals surface area contributed by atoms with Gasteiger partial charge in [-0.15, -0.1) is 11.3 Å². The van der Waals surface area contributed by atoms with Crippen LogP contribution in [0.15, 0.2) is 90.6 Å². The molecule has 52 heavy (non-hydrogen) atoms.